The summed E-state index contributed by atoms with van der Waals surface area (Å²) in [6, 6.07) is 0. The summed E-state index contributed by atoms with van der Waals surface area (Å²) in [5, 5.41) is 0. The minimum atomic E-state index is -0.806. The Bertz CT molecular complexity index is 1030. The second-order valence-electron chi connectivity index (χ2n) is 13.9. The van der Waals surface area contributed by atoms with Gasteiger partial charge in [0, 0.05) is 19.3 Å². The van der Waals surface area contributed by atoms with E-state index in [9.17, 15) is 14.4 Å². The van der Waals surface area contributed by atoms with Crippen LogP contribution in [0.1, 0.15) is 188 Å². The van der Waals surface area contributed by atoms with E-state index in [4.69, 9.17) is 14.2 Å². The first-order valence-electron chi connectivity index (χ1n) is 21.4. The first-order chi connectivity index (χ1) is 26.0. The summed E-state index contributed by atoms with van der Waals surface area (Å²) in [7, 11) is 0. The van der Waals surface area contributed by atoms with Crippen molar-refractivity contribution in [2.45, 2.75) is 194 Å². The lowest BCUT2D eigenvalue weighted by Gasteiger charge is -2.18. The van der Waals surface area contributed by atoms with Gasteiger partial charge in [0.2, 0.25) is 0 Å². The van der Waals surface area contributed by atoms with Crippen LogP contribution in [0.25, 0.3) is 0 Å². The zero-order valence-electron chi connectivity index (χ0n) is 34.3. The number of esters is 3. The molecule has 0 bridgehead atoms. The van der Waals surface area contributed by atoms with Crippen LogP contribution in [0, 0.1) is 0 Å². The van der Waals surface area contributed by atoms with Crippen molar-refractivity contribution < 1.29 is 28.6 Å². The minimum absolute atomic E-state index is 0.103. The van der Waals surface area contributed by atoms with Crippen LogP contribution < -0.4 is 0 Å². The van der Waals surface area contributed by atoms with E-state index in [0.717, 1.165) is 96.3 Å². The quantitative estimate of drug-likeness (QED) is 0.0273. The number of ether oxygens (including phenoxy) is 3. The van der Waals surface area contributed by atoms with E-state index in [-0.39, 0.29) is 37.5 Å². The van der Waals surface area contributed by atoms with E-state index in [1.807, 2.05) is 12.2 Å². The van der Waals surface area contributed by atoms with E-state index in [1.165, 1.54) is 44.9 Å². The van der Waals surface area contributed by atoms with Crippen LogP contribution in [0.5, 0.6) is 0 Å². The fourth-order valence-corrected chi connectivity index (χ4v) is 5.49. The molecule has 302 valence electrons. The van der Waals surface area contributed by atoms with Crippen molar-refractivity contribution in [1.82, 2.24) is 0 Å². The van der Waals surface area contributed by atoms with E-state index >= 15 is 0 Å². The van der Waals surface area contributed by atoms with Gasteiger partial charge in [-0.1, -0.05) is 171 Å². The van der Waals surface area contributed by atoms with Crippen molar-refractivity contribution in [3.8, 4) is 0 Å². The second kappa shape index (κ2) is 41.6. The number of rotatable bonds is 37. The lowest BCUT2D eigenvalue weighted by Crippen LogP contribution is -2.30. The molecule has 0 aromatic heterocycles. The van der Waals surface area contributed by atoms with Gasteiger partial charge in [-0.05, 0) is 70.6 Å². The molecule has 0 aliphatic carbocycles. The normalized spacial score (nSPS) is 12.7. The highest BCUT2D eigenvalue weighted by molar-refractivity contribution is 5.71. The Morgan fingerprint density at radius 3 is 1.34 bits per heavy atom. The predicted molar refractivity (Wildman–Crippen MR) is 224 cm³/mol. The van der Waals surface area contributed by atoms with Gasteiger partial charge in [-0.25, -0.2) is 0 Å². The Morgan fingerprint density at radius 2 is 0.811 bits per heavy atom. The number of carbonyl (C=O) groups is 3. The third-order valence-electron chi connectivity index (χ3n) is 8.69. The van der Waals surface area contributed by atoms with Crippen LogP contribution in [0.15, 0.2) is 72.9 Å². The summed E-state index contributed by atoms with van der Waals surface area (Å²) in [6.45, 7) is 6.33. The topological polar surface area (TPSA) is 78.9 Å². The first kappa shape index (κ1) is 49.9. The summed E-state index contributed by atoms with van der Waals surface area (Å²) in [4.78, 5) is 37.6. The molecule has 1 atom stereocenters. The fraction of sp³-hybridized carbons (Fsp3) is 0.681. The predicted octanol–water partition coefficient (Wildman–Crippen LogP) is 13.5. The Morgan fingerprint density at radius 1 is 0.396 bits per heavy atom. The van der Waals surface area contributed by atoms with Gasteiger partial charge in [0.05, 0.1) is 0 Å². The van der Waals surface area contributed by atoms with Gasteiger partial charge in [-0.2, -0.15) is 0 Å². The summed E-state index contributed by atoms with van der Waals surface area (Å²) < 4.78 is 16.6. The first-order valence-corrected chi connectivity index (χ1v) is 21.4. The molecule has 0 saturated carbocycles. The summed E-state index contributed by atoms with van der Waals surface area (Å²) >= 11 is 0. The molecule has 0 heterocycles. The van der Waals surface area contributed by atoms with Crippen molar-refractivity contribution in [3.63, 3.8) is 0 Å². The molecule has 1 unspecified atom stereocenters. The van der Waals surface area contributed by atoms with Gasteiger partial charge in [0.15, 0.2) is 6.10 Å². The maximum atomic E-state index is 12.7. The number of carbonyl (C=O) groups excluding carboxylic acids is 3. The van der Waals surface area contributed by atoms with E-state index in [1.54, 1.807) is 0 Å². The summed E-state index contributed by atoms with van der Waals surface area (Å²) in [5.74, 6) is -1.01. The Kier molecular flexibility index (Phi) is 39.1. The lowest BCUT2D eigenvalue weighted by atomic mass is 10.1. The van der Waals surface area contributed by atoms with Gasteiger partial charge >= 0.3 is 17.9 Å². The molecule has 0 fully saturated rings. The van der Waals surface area contributed by atoms with Gasteiger partial charge in [-0.15, -0.1) is 0 Å². The SMILES string of the molecule is CC/C=C\C/C=C\C/C=C\C/C=C\CCC(=O)OCC(COC(=O)CCCCCCCCCCC)OC(=O)CCCCCCC/C=C\C/C=C\CCC. The van der Waals surface area contributed by atoms with Crippen molar-refractivity contribution >= 4 is 17.9 Å². The van der Waals surface area contributed by atoms with Crippen LogP contribution in [-0.2, 0) is 28.6 Å². The molecule has 0 saturated heterocycles. The second-order valence-corrected chi connectivity index (χ2v) is 13.9. The molecular formula is C47H78O6. The van der Waals surface area contributed by atoms with Crippen LogP contribution in [0.2, 0.25) is 0 Å². The molecule has 0 aliphatic heterocycles. The molecule has 0 rings (SSSR count). The molecule has 6 heteroatoms. The Hall–Kier alpha value is -3.15. The van der Waals surface area contributed by atoms with Crippen LogP contribution in [-0.4, -0.2) is 37.2 Å². The standard InChI is InChI=1S/C47H78O6/c1-4-7-10-13-16-19-21-23-25-28-31-34-37-40-46(49)52-43-44(42-51-45(48)39-36-33-30-27-18-15-12-9-6-3)53-47(50)41-38-35-32-29-26-24-22-20-17-14-11-8-5-2/h7,10-11,14,16,19-20,22-23,25,31,34,44H,4-6,8-9,12-13,15,17-18,21,24,26-30,32-33,35-43H2,1-3H3/b10-7-,14-11-,19-16-,22-20-,25-23-,34-31-. The molecule has 0 radical (unpaired) electrons. The number of hydrogen-bond acceptors (Lipinski definition) is 6. The molecule has 53 heavy (non-hydrogen) atoms. The number of unbranched alkanes of at least 4 members (excludes halogenated alkanes) is 14. The van der Waals surface area contributed by atoms with Gasteiger partial charge in [-0.3, -0.25) is 14.4 Å². The highest BCUT2D eigenvalue weighted by Gasteiger charge is 2.19. The summed E-state index contributed by atoms with van der Waals surface area (Å²) in [5.41, 5.74) is 0. The van der Waals surface area contributed by atoms with E-state index in [0.29, 0.717) is 19.3 Å². The van der Waals surface area contributed by atoms with Crippen LogP contribution >= 0.6 is 0 Å². The fourth-order valence-electron chi connectivity index (χ4n) is 5.49. The average molecular weight is 739 g/mol. The van der Waals surface area contributed by atoms with Crippen molar-refractivity contribution in [3.05, 3.63) is 72.9 Å². The Balaban J connectivity index is 4.51. The molecule has 6 nitrogen and oxygen atoms in total. The van der Waals surface area contributed by atoms with Crippen molar-refractivity contribution in [2.24, 2.45) is 0 Å². The van der Waals surface area contributed by atoms with Crippen LogP contribution in [0.4, 0.5) is 0 Å². The highest BCUT2D eigenvalue weighted by atomic mass is 16.6. The number of allylic oxidation sites excluding steroid dienone is 12. The average Bonchev–Trinajstić information content (AvgIpc) is 3.15. The molecule has 0 amide bonds. The van der Waals surface area contributed by atoms with Gasteiger partial charge < -0.3 is 14.2 Å². The smallest absolute Gasteiger partial charge is 0.306 e. The monoisotopic (exact) mass is 739 g/mol. The highest BCUT2D eigenvalue weighted by Crippen LogP contribution is 2.12. The van der Waals surface area contributed by atoms with E-state index < -0.39 is 6.10 Å². The Labute approximate surface area is 325 Å². The third-order valence-corrected chi connectivity index (χ3v) is 8.69. The molecule has 0 aromatic rings. The van der Waals surface area contributed by atoms with Crippen molar-refractivity contribution in [2.75, 3.05) is 13.2 Å². The molecule has 0 aliphatic rings. The zero-order valence-corrected chi connectivity index (χ0v) is 34.3. The van der Waals surface area contributed by atoms with Crippen LogP contribution in [0.3, 0.4) is 0 Å². The minimum Gasteiger partial charge on any atom is -0.462 e. The summed E-state index contributed by atoms with van der Waals surface area (Å²) in [6.07, 6.45) is 50.4. The van der Waals surface area contributed by atoms with Crippen molar-refractivity contribution in [1.29, 1.82) is 0 Å². The molecule has 0 aromatic carbocycles. The maximum Gasteiger partial charge on any atom is 0.306 e. The third kappa shape index (κ3) is 39.9. The number of hydrogen-bond donors (Lipinski definition) is 0. The zero-order chi connectivity index (χ0) is 38.7. The van der Waals surface area contributed by atoms with Gasteiger partial charge in [0.25, 0.3) is 0 Å². The molecule has 0 spiro atoms. The lowest BCUT2D eigenvalue weighted by molar-refractivity contribution is -0.166. The van der Waals surface area contributed by atoms with Gasteiger partial charge in [0.1, 0.15) is 13.2 Å². The molecular weight excluding hydrogens is 661 g/mol. The van der Waals surface area contributed by atoms with E-state index in [2.05, 4.69) is 81.5 Å². The largest absolute Gasteiger partial charge is 0.462 e. The maximum absolute atomic E-state index is 12.7. The molecule has 0 N–H and O–H groups in total.